The molecule has 1 fully saturated rings. The summed E-state index contributed by atoms with van der Waals surface area (Å²) in [5, 5.41) is 11.8. The molecule has 5 nitrogen and oxygen atoms in total. The second-order valence-corrected chi connectivity index (χ2v) is 4.41. The lowest BCUT2D eigenvalue weighted by atomic mass is 10.1. The van der Waals surface area contributed by atoms with Crippen LogP contribution in [0.2, 0.25) is 0 Å². The smallest absolute Gasteiger partial charge is 0.395 e. The number of carbonyl (C=O) groups excluding carboxylic acids is 1. The van der Waals surface area contributed by atoms with Crippen molar-refractivity contribution in [2.75, 3.05) is 39.4 Å². The fourth-order valence-electron chi connectivity index (χ4n) is 1.87. The number of piperidine rings is 1. The van der Waals surface area contributed by atoms with Gasteiger partial charge >= 0.3 is 6.18 Å². The maximum absolute atomic E-state index is 12.3. The molecule has 1 aliphatic heterocycles. The third-order valence-corrected chi connectivity index (χ3v) is 2.82. The van der Waals surface area contributed by atoms with Crippen LogP contribution in [0.5, 0.6) is 0 Å². The molecule has 1 saturated heterocycles. The van der Waals surface area contributed by atoms with Crippen LogP contribution < -0.4 is 5.32 Å². The highest BCUT2D eigenvalue weighted by Crippen LogP contribution is 2.16. The number of hydrogen-bond donors (Lipinski definition) is 2. The van der Waals surface area contributed by atoms with Gasteiger partial charge in [0.15, 0.2) is 0 Å². The van der Waals surface area contributed by atoms with Crippen LogP contribution in [0.4, 0.5) is 13.2 Å². The predicted octanol–water partition coefficient (Wildman–Crippen LogP) is 0.138. The normalized spacial score (nSPS) is 17.5. The van der Waals surface area contributed by atoms with Gasteiger partial charge < -0.3 is 20.1 Å². The molecule has 0 unspecified atom stereocenters. The van der Waals surface area contributed by atoms with Gasteiger partial charge in [-0.15, -0.1) is 0 Å². The highest BCUT2D eigenvalue weighted by Gasteiger charge is 2.33. The standard InChI is InChI=1S/C11H19F3N2O3/c12-11(13,14)8-16(5-6-17)10(18)7-19-9-1-3-15-4-2-9/h9,15,17H,1-8H2. The van der Waals surface area contributed by atoms with E-state index in [1.54, 1.807) is 0 Å². The van der Waals surface area contributed by atoms with Crippen molar-refractivity contribution in [1.29, 1.82) is 0 Å². The molecule has 0 spiro atoms. The minimum atomic E-state index is -4.47. The Labute approximate surface area is 109 Å². The number of alkyl halides is 3. The van der Waals surface area contributed by atoms with E-state index >= 15 is 0 Å². The Morgan fingerprint density at radius 3 is 2.53 bits per heavy atom. The van der Waals surface area contributed by atoms with E-state index in [9.17, 15) is 18.0 Å². The van der Waals surface area contributed by atoms with Crippen molar-refractivity contribution in [3.05, 3.63) is 0 Å². The first-order valence-electron chi connectivity index (χ1n) is 6.20. The van der Waals surface area contributed by atoms with E-state index in [0.717, 1.165) is 25.9 Å². The molecule has 1 rings (SSSR count). The quantitative estimate of drug-likeness (QED) is 0.728. The van der Waals surface area contributed by atoms with Gasteiger partial charge in [0.1, 0.15) is 13.2 Å². The Morgan fingerprint density at radius 2 is 2.00 bits per heavy atom. The van der Waals surface area contributed by atoms with Gasteiger partial charge in [-0.1, -0.05) is 0 Å². The lowest BCUT2D eigenvalue weighted by Crippen LogP contribution is -2.43. The molecule has 0 radical (unpaired) electrons. The topological polar surface area (TPSA) is 61.8 Å². The van der Waals surface area contributed by atoms with Gasteiger partial charge in [0.2, 0.25) is 5.91 Å². The van der Waals surface area contributed by atoms with Gasteiger partial charge in [-0.2, -0.15) is 13.2 Å². The molecule has 0 saturated carbocycles. The average Bonchev–Trinajstić information content (AvgIpc) is 2.35. The van der Waals surface area contributed by atoms with Crippen molar-refractivity contribution < 1.29 is 27.8 Å². The van der Waals surface area contributed by atoms with E-state index in [1.807, 2.05) is 0 Å². The zero-order valence-electron chi connectivity index (χ0n) is 10.6. The van der Waals surface area contributed by atoms with E-state index in [4.69, 9.17) is 9.84 Å². The van der Waals surface area contributed by atoms with E-state index in [2.05, 4.69) is 5.32 Å². The van der Waals surface area contributed by atoms with Crippen LogP contribution >= 0.6 is 0 Å². The number of hydrogen-bond acceptors (Lipinski definition) is 4. The highest BCUT2D eigenvalue weighted by molar-refractivity contribution is 5.77. The Morgan fingerprint density at radius 1 is 1.37 bits per heavy atom. The second-order valence-electron chi connectivity index (χ2n) is 4.41. The van der Waals surface area contributed by atoms with Gasteiger partial charge in [0, 0.05) is 6.54 Å². The summed E-state index contributed by atoms with van der Waals surface area (Å²) in [6, 6.07) is 0. The SMILES string of the molecule is O=C(COC1CCNCC1)N(CCO)CC(F)(F)F. The third-order valence-electron chi connectivity index (χ3n) is 2.82. The van der Waals surface area contributed by atoms with Crippen molar-refractivity contribution in [1.82, 2.24) is 10.2 Å². The van der Waals surface area contributed by atoms with Crippen LogP contribution in [0, 0.1) is 0 Å². The molecule has 8 heteroatoms. The molecule has 112 valence electrons. The number of aliphatic hydroxyl groups is 1. The van der Waals surface area contributed by atoms with Crippen LogP contribution in [-0.4, -0.2) is 67.6 Å². The summed E-state index contributed by atoms with van der Waals surface area (Å²) in [6.45, 7) is -1.02. The van der Waals surface area contributed by atoms with Crippen molar-refractivity contribution in [3.8, 4) is 0 Å². The van der Waals surface area contributed by atoms with Crippen LogP contribution in [0.3, 0.4) is 0 Å². The second kappa shape index (κ2) is 7.66. The summed E-state index contributed by atoms with van der Waals surface area (Å²) in [6.07, 6.45) is -3.08. The summed E-state index contributed by atoms with van der Waals surface area (Å²) in [7, 11) is 0. The van der Waals surface area contributed by atoms with E-state index in [-0.39, 0.29) is 19.3 Å². The minimum absolute atomic E-state index is 0.0907. The van der Waals surface area contributed by atoms with Gasteiger partial charge in [-0.25, -0.2) is 0 Å². The molecular weight excluding hydrogens is 265 g/mol. The van der Waals surface area contributed by atoms with Gasteiger partial charge in [-0.3, -0.25) is 4.79 Å². The highest BCUT2D eigenvalue weighted by atomic mass is 19.4. The van der Waals surface area contributed by atoms with Gasteiger partial charge in [0.05, 0.1) is 12.7 Å². The zero-order chi connectivity index (χ0) is 14.3. The third kappa shape index (κ3) is 6.74. The molecule has 1 amide bonds. The number of aliphatic hydroxyl groups excluding tert-OH is 1. The first-order chi connectivity index (χ1) is 8.92. The van der Waals surface area contributed by atoms with E-state index < -0.39 is 25.2 Å². The molecule has 0 aromatic heterocycles. The zero-order valence-corrected chi connectivity index (χ0v) is 10.6. The Hall–Kier alpha value is -0.860. The fourth-order valence-corrected chi connectivity index (χ4v) is 1.87. The van der Waals surface area contributed by atoms with Crippen molar-refractivity contribution in [2.24, 2.45) is 0 Å². The van der Waals surface area contributed by atoms with Crippen molar-refractivity contribution in [3.63, 3.8) is 0 Å². The lowest BCUT2D eigenvalue weighted by Gasteiger charge is -2.26. The molecule has 0 bridgehead atoms. The molecule has 19 heavy (non-hydrogen) atoms. The predicted molar refractivity (Wildman–Crippen MR) is 61.6 cm³/mol. The summed E-state index contributed by atoms with van der Waals surface area (Å²) < 4.78 is 42.1. The molecule has 1 aliphatic rings. The van der Waals surface area contributed by atoms with Crippen LogP contribution in [-0.2, 0) is 9.53 Å². The molecule has 1 heterocycles. The van der Waals surface area contributed by atoms with Crippen molar-refractivity contribution >= 4 is 5.91 Å². The monoisotopic (exact) mass is 284 g/mol. The molecule has 0 atom stereocenters. The number of nitrogens with one attached hydrogen (secondary N) is 1. The summed E-state index contributed by atoms with van der Waals surface area (Å²) >= 11 is 0. The number of carbonyl (C=O) groups is 1. The van der Waals surface area contributed by atoms with Gasteiger partial charge in [0.25, 0.3) is 0 Å². The largest absolute Gasteiger partial charge is 0.406 e. The first-order valence-corrected chi connectivity index (χ1v) is 6.20. The Bertz CT molecular complexity index is 281. The molecular formula is C11H19F3N2O3. The number of ether oxygens (including phenoxy) is 1. The molecule has 0 aromatic carbocycles. The van der Waals surface area contributed by atoms with E-state index in [1.165, 1.54) is 0 Å². The van der Waals surface area contributed by atoms with Crippen LogP contribution in [0.1, 0.15) is 12.8 Å². The number of halogens is 3. The summed E-state index contributed by atoms with van der Waals surface area (Å²) in [5.41, 5.74) is 0. The maximum Gasteiger partial charge on any atom is 0.406 e. The van der Waals surface area contributed by atoms with E-state index in [0.29, 0.717) is 4.90 Å². The lowest BCUT2D eigenvalue weighted by molar-refractivity contribution is -0.166. The van der Waals surface area contributed by atoms with Crippen LogP contribution in [0.15, 0.2) is 0 Å². The fraction of sp³-hybridized carbons (Fsp3) is 0.909. The van der Waals surface area contributed by atoms with Crippen molar-refractivity contribution in [2.45, 2.75) is 25.1 Å². The average molecular weight is 284 g/mol. The summed E-state index contributed by atoms with van der Waals surface area (Å²) in [4.78, 5) is 12.2. The first kappa shape index (κ1) is 16.2. The molecule has 0 aliphatic carbocycles. The number of amides is 1. The van der Waals surface area contributed by atoms with Crippen LogP contribution in [0.25, 0.3) is 0 Å². The minimum Gasteiger partial charge on any atom is -0.395 e. The number of rotatable bonds is 6. The Balaban J connectivity index is 2.38. The molecule has 2 N–H and O–H groups in total. The summed E-state index contributed by atoms with van der Waals surface area (Å²) in [5.74, 6) is -0.745. The number of nitrogens with zero attached hydrogens (tertiary/aromatic N) is 1. The Kier molecular flexibility index (Phi) is 6.53. The van der Waals surface area contributed by atoms with Gasteiger partial charge in [-0.05, 0) is 25.9 Å². The molecule has 0 aromatic rings. The maximum atomic E-state index is 12.3.